The molecule has 0 aromatic carbocycles. The zero-order valence-corrected chi connectivity index (χ0v) is 23.5. The van der Waals surface area contributed by atoms with E-state index in [-0.39, 0.29) is 17.5 Å². The number of allylic oxidation sites excluding steroid dienone is 1. The van der Waals surface area contributed by atoms with Crippen LogP contribution in [0.15, 0.2) is 11.5 Å². The number of esters is 1. The Hall–Kier alpha value is -1.32. The molecule has 1 aliphatic heterocycles. The molecule has 0 aromatic rings. The number of hydrogen-bond acceptors (Lipinski definition) is 4. The number of ketones is 1. The molecule has 0 amide bonds. The maximum Gasteiger partial charge on any atom is 0.311 e. The van der Waals surface area contributed by atoms with Gasteiger partial charge < -0.3 is 9.47 Å². The molecular formula is C31H56O4. The topological polar surface area (TPSA) is 52.6 Å². The minimum absolute atomic E-state index is 0.116. The average molecular weight is 493 g/mol. The van der Waals surface area contributed by atoms with Crippen molar-refractivity contribution in [1.29, 1.82) is 0 Å². The third-order valence-electron chi connectivity index (χ3n) is 7.23. The molecule has 0 fully saturated rings. The van der Waals surface area contributed by atoms with Crippen LogP contribution in [-0.2, 0) is 19.1 Å². The molecule has 1 atom stereocenters. The van der Waals surface area contributed by atoms with Crippen molar-refractivity contribution in [3.05, 3.63) is 11.5 Å². The van der Waals surface area contributed by atoms with Crippen LogP contribution in [0.1, 0.15) is 168 Å². The molecular weight excluding hydrogens is 436 g/mol. The van der Waals surface area contributed by atoms with E-state index < -0.39 is 6.10 Å². The molecule has 0 spiro atoms. The number of carbonyl (C=O) groups is 2. The summed E-state index contributed by atoms with van der Waals surface area (Å²) in [5.74, 6) is 0.0439. The second kappa shape index (κ2) is 21.9. The van der Waals surface area contributed by atoms with Gasteiger partial charge in [-0.1, -0.05) is 142 Å². The monoisotopic (exact) mass is 492 g/mol. The standard InChI is InChI=1S/C31H56O4/c1-4-6-7-8-9-10-11-12-13-14-15-16-17-18-19-20-21-22-23-24-25-26-29(32)35-31-27(3)34-28(5-2)30(31)33/h28H,4-26H2,1-3H3. The highest BCUT2D eigenvalue weighted by molar-refractivity contribution is 6.01. The lowest BCUT2D eigenvalue weighted by atomic mass is 10.0. The Bertz CT molecular complexity index is 581. The molecule has 204 valence electrons. The van der Waals surface area contributed by atoms with Gasteiger partial charge in [-0.15, -0.1) is 0 Å². The van der Waals surface area contributed by atoms with E-state index in [0.29, 0.717) is 18.6 Å². The van der Waals surface area contributed by atoms with Gasteiger partial charge in [-0.05, 0) is 19.8 Å². The third kappa shape index (κ3) is 16.1. The minimum atomic E-state index is -0.484. The van der Waals surface area contributed by atoms with Gasteiger partial charge in [0.25, 0.3) is 0 Å². The van der Waals surface area contributed by atoms with E-state index in [1.807, 2.05) is 6.92 Å². The van der Waals surface area contributed by atoms with Crippen molar-refractivity contribution < 1.29 is 19.1 Å². The predicted octanol–water partition coefficient (Wildman–Crippen LogP) is 9.74. The summed E-state index contributed by atoms with van der Waals surface area (Å²) in [7, 11) is 0. The summed E-state index contributed by atoms with van der Waals surface area (Å²) in [6, 6.07) is 0. The summed E-state index contributed by atoms with van der Waals surface area (Å²) in [6.45, 7) is 5.86. The molecule has 1 rings (SSSR count). The molecule has 0 saturated heterocycles. The molecule has 35 heavy (non-hydrogen) atoms. The summed E-state index contributed by atoms with van der Waals surface area (Å²) in [5.41, 5.74) is 0. The quantitative estimate of drug-likeness (QED) is 0.0993. The van der Waals surface area contributed by atoms with Crippen molar-refractivity contribution in [2.45, 2.75) is 175 Å². The van der Waals surface area contributed by atoms with Crippen molar-refractivity contribution >= 4 is 11.8 Å². The number of Topliss-reactive ketones (excluding diaryl/α,β-unsaturated/α-hetero) is 1. The third-order valence-corrected chi connectivity index (χ3v) is 7.23. The normalized spacial score (nSPS) is 15.6. The summed E-state index contributed by atoms with van der Waals surface area (Å²) in [4.78, 5) is 24.1. The van der Waals surface area contributed by atoms with Crippen LogP contribution in [0.3, 0.4) is 0 Å². The van der Waals surface area contributed by atoms with Gasteiger partial charge in [0.05, 0.1) is 0 Å². The van der Waals surface area contributed by atoms with Crippen LogP contribution < -0.4 is 0 Å². The van der Waals surface area contributed by atoms with Crippen LogP contribution in [0.4, 0.5) is 0 Å². The van der Waals surface area contributed by atoms with Gasteiger partial charge in [-0.25, -0.2) is 0 Å². The largest absolute Gasteiger partial charge is 0.483 e. The fourth-order valence-corrected chi connectivity index (χ4v) is 4.90. The lowest BCUT2D eigenvalue weighted by molar-refractivity contribution is -0.142. The Kier molecular flexibility index (Phi) is 19.9. The Morgan fingerprint density at radius 2 is 1.03 bits per heavy atom. The van der Waals surface area contributed by atoms with Gasteiger partial charge in [0.2, 0.25) is 11.5 Å². The Morgan fingerprint density at radius 1 is 0.657 bits per heavy atom. The highest BCUT2D eigenvalue weighted by Crippen LogP contribution is 2.25. The SMILES string of the molecule is CCCCCCCCCCCCCCCCCCCCCCCC(=O)OC1=C(C)OC(CC)C1=O. The first-order valence-electron chi connectivity index (χ1n) is 15.2. The van der Waals surface area contributed by atoms with E-state index in [1.165, 1.54) is 122 Å². The van der Waals surface area contributed by atoms with E-state index in [0.717, 1.165) is 12.8 Å². The number of hydrogen-bond donors (Lipinski definition) is 0. The molecule has 1 aliphatic rings. The molecule has 0 saturated carbocycles. The first-order chi connectivity index (χ1) is 17.1. The summed E-state index contributed by atoms with van der Waals surface area (Å²) >= 11 is 0. The minimum Gasteiger partial charge on any atom is -0.483 e. The van der Waals surface area contributed by atoms with Crippen molar-refractivity contribution in [2.24, 2.45) is 0 Å². The maximum absolute atomic E-state index is 12.1. The van der Waals surface area contributed by atoms with E-state index in [4.69, 9.17) is 9.47 Å². The molecule has 0 aliphatic carbocycles. The summed E-state index contributed by atoms with van der Waals surface area (Å²) in [6.07, 6.45) is 28.8. The Labute approximate surface area is 217 Å². The smallest absolute Gasteiger partial charge is 0.311 e. The summed E-state index contributed by atoms with van der Waals surface area (Å²) in [5, 5.41) is 0. The van der Waals surface area contributed by atoms with Crippen LogP contribution in [0.5, 0.6) is 0 Å². The van der Waals surface area contributed by atoms with Gasteiger partial charge in [0.1, 0.15) is 5.76 Å². The van der Waals surface area contributed by atoms with E-state index >= 15 is 0 Å². The number of unbranched alkanes of at least 4 members (excludes halogenated alkanes) is 20. The first-order valence-corrected chi connectivity index (χ1v) is 15.2. The molecule has 0 aromatic heterocycles. The van der Waals surface area contributed by atoms with Gasteiger partial charge in [0, 0.05) is 6.42 Å². The Morgan fingerprint density at radius 3 is 1.37 bits per heavy atom. The summed E-state index contributed by atoms with van der Waals surface area (Å²) < 4.78 is 10.7. The maximum atomic E-state index is 12.1. The second-order valence-electron chi connectivity index (χ2n) is 10.6. The highest BCUT2D eigenvalue weighted by Gasteiger charge is 2.34. The first kappa shape index (κ1) is 31.7. The molecule has 0 radical (unpaired) electrons. The molecule has 0 N–H and O–H groups in total. The van der Waals surface area contributed by atoms with Gasteiger partial charge >= 0.3 is 5.97 Å². The average Bonchev–Trinajstić information content (AvgIpc) is 3.12. The molecule has 1 unspecified atom stereocenters. The number of carbonyl (C=O) groups excluding carboxylic acids is 2. The van der Waals surface area contributed by atoms with Gasteiger partial charge in [-0.3, -0.25) is 9.59 Å². The lowest BCUT2D eigenvalue weighted by Gasteiger charge is -2.05. The molecule has 4 nitrogen and oxygen atoms in total. The molecule has 0 bridgehead atoms. The van der Waals surface area contributed by atoms with Crippen LogP contribution in [0.25, 0.3) is 0 Å². The van der Waals surface area contributed by atoms with Crippen LogP contribution >= 0.6 is 0 Å². The zero-order chi connectivity index (χ0) is 25.6. The van der Waals surface area contributed by atoms with E-state index in [9.17, 15) is 9.59 Å². The van der Waals surface area contributed by atoms with Crippen molar-refractivity contribution in [3.63, 3.8) is 0 Å². The molecule has 4 heteroatoms. The number of ether oxygens (including phenoxy) is 2. The van der Waals surface area contributed by atoms with Gasteiger partial charge in [0.15, 0.2) is 6.10 Å². The van der Waals surface area contributed by atoms with Crippen LogP contribution in [0, 0.1) is 0 Å². The van der Waals surface area contributed by atoms with E-state index in [1.54, 1.807) is 6.92 Å². The van der Waals surface area contributed by atoms with Crippen molar-refractivity contribution in [1.82, 2.24) is 0 Å². The van der Waals surface area contributed by atoms with Crippen LogP contribution in [-0.4, -0.2) is 17.9 Å². The van der Waals surface area contributed by atoms with Crippen LogP contribution in [0.2, 0.25) is 0 Å². The zero-order valence-electron chi connectivity index (χ0n) is 23.5. The fraction of sp³-hybridized carbons (Fsp3) is 0.871. The Balaban J connectivity index is 1.79. The second-order valence-corrected chi connectivity index (χ2v) is 10.6. The lowest BCUT2D eigenvalue weighted by Crippen LogP contribution is -2.19. The van der Waals surface area contributed by atoms with Gasteiger partial charge in [-0.2, -0.15) is 0 Å². The predicted molar refractivity (Wildman–Crippen MR) is 146 cm³/mol. The number of rotatable bonds is 24. The molecule has 1 heterocycles. The highest BCUT2D eigenvalue weighted by atomic mass is 16.6. The van der Waals surface area contributed by atoms with Crippen molar-refractivity contribution in [3.8, 4) is 0 Å². The van der Waals surface area contributed by atoms with E-state index in [2.05, 4.69) is 6.92 Å². The fourth-order valence-electron chi connectivity index (χ4n) is 4.90. The van der Waals surface area contributed by atoms with Crippen molar-refractivity contribution in [2.75, 3.05) is 0 Å².